The molecule has 1 N–H and O–H groups in total. The first-order valence-corrected chi connectivity index (χ1v) is 8.66. The van der Waals surface area contributed by atoms with E-state index in [9.17, 15) is 4.79 Å². The van der Waals surface area contributed by atoms with Crippen LogP contribution in [-0.2, 0) is 4.74 Å². The summed E-state index contributed by atoms with van der Waals surface area (Å²) in [5.41, 5.74) is 0.508. The summed E-state index contributed by atoms with van der Waals surface area (Å²) in [4.78, 5) is 14.6. The first-order chi connectivity index (χ1) is 11.9. The molecule has 1 aliphatic rings. The van der Waals surface area contributed by atoms with Gasteiger partial charge in [-0.25, -0.2) is 4.79 Å². The first kappa shape index (κ1) is 17.5. The molecule has 5 nitrogen and oxygen atoms in total. The van der Waals surface area contributed by atoms with Crippen LogP contribution in [-0.4, -0.2) is 43.3 Å². The van der Waals surface area contributed by atoms with E-state index in [1.165, 1.54) is 0 Å². The Morgan fingerprint density at radius 3 is 2.68 bits per heavy atom. The summed E-state index contributed by atoms with van der Waals surface area (Å²) in [6.45, 7) is 7.69. The van der Waals surface area contributed by atoms with E-state index in [0.717, 1.165) is 28.6 Å². The molecule has 0 aromatic heterocycles. The lowest BCUT2D eigenvalue weighted by Gasteiger charge is -2.38. The van der Waals surface area contributed by atoms with Crippen molar-refractivity contribution in [3.05, 3.63) is 42.0 Å². The minimum absolute atomic E-state index is 0.135. The third-order valence-corrected chi connectivity index (χ3v) is 4.36. The fraction of sp³-hybridized carbons (Fsp3) is 0.450. The SMILES string of the molecule is COc1ccc2ccccc2c1C1CNCCN1C(=O)OC(C)(C)C. The summed E-state index contributed by atoms with van der Waals surface area (Å²) in [6.07, 6.45) is -0.283. The van der Waals surface area contributed by atoms with Gasteiger partial charge in [0.15, 0.2) is 0 Å². The maximum atomic E-state index is 12.8. The van der Waals surface area contributed by atoms with Gasteiger partial charge in [0.2, 0.25) is 0 Å². The molecule has 25 heavy (non-hydrogen) atoms. The van der Waals surface area contributed by atoms with E-state index >= 15 is 0 Å². The van der Waals surface area contributed by atoms with Crippen LogP contribution in [0.15, 0.2) is 36.4 Å². The number of nitrogens with zero attached hydrogens (tertiary/aromatic N) is 1. The van der Waals surface area contributed by atoms with Crippen molar-refractivity contribution < 1.29 is 14.3 Å². The smallest absolute Gasteiger partial charge is 0.410 e. The lowest BCUT2D eigenvalue weighted by atomic mass is 9.95. The minimum atomic E-state index is -0.519. The van der Waals surface area contributed by atoms with Crippen LogP contribution in [0, 0.1) is 0 Å². The zero-order valence-corrected chi connectivity index (χ0v) is 15.3. The number of piperazine rings is 1. The lowest BCUT2D eigenvalue weighted by Crippen LogP contribution is -2.50. The molecule has 2 aromatic carbocycles. The third-order valence-electron chi connectivity index (χ3n) is 4.36. The van der Waals surface area contributed by atoms with Crippen LogP contribution in [0.25, 0.3) is 10.8 Å². The van der Waals surface area contributed by atoms with Gasteiger partial charge in [-0.1, -0.05) is 30.3 Å². The molecule has 0 saturated carbocycles. The molecule has 1 unspecified atom stereocenters. The molecule has 1 heterocycles. The van der Waals surface area contributed by atoms with Gasteiger partial charge >= 0.3 is 6.09 Å². The van der Waals surface area contributed by atoms with Crippen molar-refractivity contribution in [3.8, 4) is 5.75 Å². The molecule has 1 atom stereocenters. The van der Waals surface area contributed by atoms with Gasteiger partial charge in [0.05, 0.1) is 13.2 Å². The molecule has 1 aliphatic heterocycles. The molecule has 0 radical (unpaired) electrons. The quantitative estimate of drug-likeness (QED) is 0.903. The third kappa shape index (κ3) is 3.71. The topological polar surface area (TPSA) is 50.8 Å². The highest BCUT2D eigenvalue weighted by molar-refractivity contribution is 5.89. The Bertz CT molecular complexity index is 767. The molecular formula is C20H26N2O3. The number of nitrogens with one attached hydrogen (secondary N) is 1. The summed E-state index contributed by atoms with van der Waals surface area (Å²) in [5.74, 6) is 0.793. The summed E-state index contributed by atoms with van der Waals surface area (Å²) >= 11 is 0. The first-order valence-electron chi connectivity index (χ1n) is 8.66. The van der Waals surface area contributed by atoms with E-state index in [4.69, 9.17) is 9.47 Å². The largest absolute Gasteiger partial charge is 0.496 e. The van der Waals surface area contributed by atoms with Crippen molar-refractivity contribution in [2.75, 3.05) is 26.7 Å². The van der Waals surface area contributed by atoms with Crippen molar-refractivity contribution >= 4 is 16.9 Å². The van der Waals surface area contributed by atoms with E-state index in [-0.39, 0.29) is 12.1 Å². The second-order valence-corrected chi connectivity index (χ2v) is 7.30. The number of benzene rings is 2. The fourth-order valence-electron chi connectivity index (χ4n) is 3.30. The van der Waals surface area contributed by atoms with Gasteiger partial charge in [-0.15, -0.1) is 0 Å². The number of carbonyl (C=O) groups is 1. The zero-order chi connectivity index (χ0) is 18.0. The summed E-state index contributed by atoms with van der Waals surface area (Å²) in [7, 11) is 1.67. The predicted octanol–water partition coefficient (Wildman–Crippen LogP) is 3.73. The number of hydrogen-bond acceptors (Lipinski definition) is 4. The average molecular weight is 342 g/mol. The second kappa shape index (κ2) is 6.92. The molecule has 0 aliphatic carbocycles. The van der Waals surface area contributed by atoms with Crippen LogP contribution in [0.5, 0.6) is 5.75 Å². The number of carbonyl (C=O) groups excluding carboxylic acids is 1. The summed E-state index contributed by atoms with van der Waals surface area (Å²) in [6, 6.07) is 12.1. The van der Waals surface area contributed by atoms with Gasteiger partial charge < -0.3 is 14.8 Å². The Labute approximate surface area is 148 Å². The number of hydrogen-bond donors (Lipinski definition) is 1. The van der Waals surface area contributed by atoms with Crippen LogP contribution in [0.4, 0.5) is 4.79 Å². The van der Waals surface area contributed by atoms with Crippen LogP contribution >= 0.6 is 0 Å². The van der Waals surface area contributed by atoms with Gasteiger partial charge in [0, 0.05) is 25.2 Å². The zero-order valence-electron chi connectivity index (χ0n) is 15.3. The molecule has 0 bridgehead atoms. The number of methoxy groups -OCH3 is 1. The molecule has 1 fully saturated rings. The molecule has 1 amide bonds. The molecule has 5 heteroatoms. The Kier molecular flexibility index (Phi) is 4.86. The number of rotatable bonds is 2. The number of ether oxygens (including phenoxy) is 2. The molecular weight excluding hydrogens is 316 g/mol. The summed E-state index contributed by atoms with van der Waals surface area (Å²) < 4.78 is 11.3. The van der Waals surface area contributed by atoms with Crippen molar-refractivity contribution in [3.63, 3.8) is 0 Å². The molecule has 2 aromatic rings. The van der Waals surface area contributed by atoms with E-state index in [2.05, 4.69) is 17.4 Å². The average Bonchev–Trinajstić information content (AvgIpc) is 2.59. The molecule has 3 rings (SSSR count). The Balaban J connectivity index is 2.06. The van der Waals surface area contributed by atoms with Crippen molar-refractivity contribution in [2.45, 2.75) is 32.4 Å². The van der Waals surface area contributed by atoms with E-state index in [1.807, 2.05) is 49.9 Å². The van der Waals surface area contributed by atoms with Gasteiger partial charge in [-0.2, -0.15) is 0 Å². The normalized spacial score (nSPS) is 18.2. The van der Waals surface area contributed by atoms with Crippen molar-refractivity contribution in [1.29, 1.82) is 0 Å². The highest BCUT2D eigenvalue weighted by Crippen LogP contribution is 2.37. The van der Waals surface area contributed by atoms with Gasteiger partial charge in [-0.05, 0) is 37.6 Å². The minimum Gasteiger partial charge on any atom is -0.496 e. The Morgan fingerprint density at radius 1 is 1.20 bits per heavy atom. The second-order valence-electron chi connectivity index (χ2n) is 7.30. The highest BCUT2D eigenvalue weighted by Gasteiger charge is 2.33. The lowest BCUT2D eigenvalue weighted by molar-refractivity contribution is 0.0117. The Morgan fingerprint density at radius 2 is 1.96 bits per heavy atom. The number of fused-ring (bicyclic) bond motifs is 1. The van der Waals surface area contributed by atoms with Crippen LogP contribution in [0.3, 0.4) is 0 Å². The van der Waals surface area contributed by atoms with E-state index in [0.29, 0.717) is 13.1 Å². The van der Waals surface area contributed by atoms with Gasteiger partial charge in [0.25, 0.3) is 0 Å². The fourth-order valence-corrected chi connectivity index (χ4v) is 3.30. The maximum absolute atomic E-state index is 12.8. The standard InChI is InChI=1S/C20H26N2O3/c1-20(2,3)25-19(23)22-12-11-21-13-16(22)18-15-8-6-5-7-14(15)9-10-17(18)24-4/h5-10,16,21H,11-13H2,1-4H3. The predicted molar refractivity (Wildman–Crippen MR) is 99.1 cm³/mol. The van der Waals surface area contributed by atoms with Gasteiger partial charge in [-0.3, -0.25) is 4.90 Å². The molecule has 134 valence electrons. The number of amides is 1. The van der Waals surface area contributed by atoms with Crippen LogP contribution in [0.1, 0.15) is 32.4 Å². The summed E-state index contributed by atoms with van der Waals surface area (Å²) in [5, 5.41) is 5.63. The van der Waals surface area contributed by atoms with E-state index in [1.54, 1.807) is 7.11 Å². The van der Waals surface area contributed by atoms with Crippen LogP contribution < -0.4 is 10.1 Å². The molecule has 1 saturated heterocycles. The van der Waals surface area contributed by atoms with Crippen LogP contribution in [0.2, 0.25) is 0 Å². The monoisotopic (exact) mass is 342 g/mol. The van der Waals surface area contributed by atoms with E-state index < -0.39 is 5.60 Å². The van der Waals surface area contributed by atoms with Crippen molar-refractivity contribution in [2.24, 2.45) is 0 Å². The molecule has 0 spiro atoms. The van der Waals surface area contributed by atoms with Gasteiger partial charge in [0.1, 0.15) is 11.4 Å². The highest BCUT2D eigenvalue weighted by atomic mass is 16.6. The van der Waals surface area contributed by atoms with Crippen molar-refractivity contribution in [1.82, 2.24) is 10.2 Å². The Hall–Kier alpha value is -2.27. The maximum Gasteiger partial charge on any atom is 0.410 e.